The quantitative estimate of drug-likeness (QED) is 0.181. The number of methoxy groups -OCH3 is 1. The first-order valence-electron chi connectivity index (χ1n) is 17.1. The number of nitrogens with one attached hydrogen (secondary N) is 1. The number of thiophene rings is 1. The van der Waals surface area contributed by atoms with Gasteiger partial charge in [0.15, 0.2) is 0 Å². The van der Waals surface area contributed by atoms with Crippen molar-refractivity contribution >= 4 is 33.1 Å². The first kappa shape index (κ1) is 29.8. The monoisotopic (exact) mass is 662 g/mol. The van der Waals surface area contributed by atoms with E-state index < -0.39 is 0 Å². The molecule has 2 fully saturated rings. The van der Waals surface area contributed by atoms with Crippen molar-refractivity contribution in [3.8, 4) is 27.6 Å². The molecule has 4 aliphatic rings. The van der Waals surface area contributed by atoms with Gasteiger partial charge in [-0.05, 0) is 92.0 Å². The van der Waals surface area contributed by atoms with Gasteiger partial charge in [0.2, 0.25) is 11.8 Å². The van der Waals surface area contributed by atoms with Crippen molar-refractivity contribution in [2.24, 2.45) is 5.92 Å². The zero-order chi connectivity index (χ0) is 32.4. The third kappa shape index (κ3) is 4.89. The van der Waals surface area contributed by atoms with Gasteiger partial charge in [-0.3, -0.25) is 9.78 Å². The molecule has 0 saturated carbocycles. The lowest BCUT2D eigenvalue weighted by molar-refractivity contribution is 0.0639. The van der Waals surface area contributed by atoms with Gasteiger partial charge in [-0.15, -0.1) is 21.5 Å². The molecule has 0 unspecified atom stereocenters. The van der Waals surface area contributed by atoms with E-state index in [0.29, 0.717) is 23.3 Å². The summed E-state index contributed by atoms with van der Waals surface area (Å²) in [6.07, 6.45) is 9.58. The van der Waals surface area contributed by atoms with E-state index in [1.807, 2.05) is 17.2 Å². The number of fused-ring (bicyclic) bond motifs is 5. The maximum atomic E-state index is 14.2. The van der Waals surface area contributed by atoms with E-state index in [0.717, 1.165) is 120 Å². The van der Waals surface area contributed by atoms with Crippen LogP contribution in [0.3, 0.4) is 0 Å². The largest absolute Gasteiger partial charge is 0.496 e. The second kappa shape index (κ2) is 12.0. The zero-order valence-corrected chi connectivity index (χ0v) is 28.1. The first-order valence-corrected chi connectivity index (χ1v) is 18.0. The number of rotatable bonds is 8. The summed E-state index contributed by atoms with van der Waals surface area (Å²) in [5.41, 5.74) is 6.70. The summed E-state index contributed by atoms with van der Waals surface area (Å²) in [7, 11) is 1.73. The van der Waals surface area contributed by atoms with Crippen molar-refractivity contribution in [1.29, 1.82) is 0 Å². The number of hydrogen-bond donors (Lipinski definition) is 1. The molecule has 1 N–H and O–H groups in total. The van der Waals surface area contributed by atoms with Crippen LogP contribution >= 0.6 is 11.3 Å². The van der Waals surface area contributed by atoms with Gasteiger partial charge in [0.25, 0.3) is 5.91 Å². The zero-order valence-electron chi connectivity index (χ0n) is 27.3. The molecule has 1 aromatic carbocycles. The molecule has 9 rings (SSSR count). The number of carbonyl (C=O) groups is 1. The Kier molecular flexibility index (Phi) is 7.42. The summed E-state index contributed by atoms with van der Waals surface area (Å²) in [6.45, 7) is 4.17. The predicted octanol–water partition coefficient (Wildman–Crippen LogP) is 7.47. The highest BCUT2D eigenvalue weighted by molar-refractivity contribution is 7.23. The maximum absolute atomic E-state index is 14.2. The average molecular weight is 663 g/mol. The van der Waals surface area contributed by atoms with Crippen LogP contribution in [0.25, 0.3) is 32.0 Å². The minimum Gasteiger partial charge on any atom is -0.496 e. The summed E-state index contributed by atoms with van der Waals surface area (Å²) in [4.78, 5) is 27.4. The van der Waals surface area contributed by atoms with Gasteiger partial charge in [-0.1, -0.05) is 12.1 Å². The molecule has 4 aromatic heterocycles. The number of aromatic nitrogens is 4. The number of carbonyl (C=O) groups excluding carboxylic acids is 1. The predicted molar refractivity (Wildman–Crippen MR) is 183 cm³/mol. The maximum Gasteiger partial charge on any atom is 0.257 e. The highest BCUT2D eigenvalue weighted by Crippen LogP contribution is 2.51. The minimum absolute atomic E-state index is 0.0132. The lowest BCUT2D eigenvalue weighted by atomic mass is 9.90. The van der Waals surface area contributed by atoms with E-state index >= 15 is 0 Å². The topological polar surface area (TPSA) is 116 Å². The second-order valence-electron chi connectivity index (χ2n) is 13.4. The smallest absolute Gasteiger partial charge is 0.257 e. The van der Waals surface area contributed by atoms with Gasteiger partial charge < -0.3 is 24.1 Å². The second-order valence-corrected chi connectivity index (χ2v) is 14.5. The van der Waals surface area contributed by atoms with E-state index in [-0.39, 0.29) is 18.0 Å². The lowest BCUT2D eigenvalue weighted by Gasteiger charge is -2.22. The Morgan fingerprint density at radius 2 is 1.98 bits per heavy atom. The van der Waals surface area contributed by atoms with Gasteiger partial charge in [-0.2, -0.15) is 0 Å². The summed E-state index contributed by atoms with van der Waals surface area (Å²) in [5, 5.41) is 13.6. The molecule has 10 nitrogen and oxygen atoms in total. The molecule has 48 heavy (non-hydrogen) atoms. The number of anilines is 1. The van der Waals surface area contributed by atoms with Crippen molar-refractivity contribution in [3.63, 3.8) is 0 Å². The molecule has 246 valence electrons. The van der Waals surface area contributed by atoms with Gasteiger partial charge in [0.05, 0.1) is 46.4 Å². The number of aryl methyl sites for hydroxylation is 2. The fourth-order valence-electron chi connectivity index (χ4n) is 8.30. The summed E-state index contributed by atoms with van der Waals surface area (Å²) in [5.74, 6) is 3.31. The molecule has 1 amide bonds. The van der Waals surface area contributed by atoms with Crippen LogP contribution in [0.2, 0.25) is 0 Å². The van der Waals surface area contributed by atoms with Gasteiger partial charge in [-0.25, -0.2) is 4.98 Å². The van der Waals surface area contributed by atoms with Crippen LogP contribution in [0.1, 0.15) is 89.4 Å². The SMILES string of the molecule is COc1cccc2c1CC[C@@H]2Nc1nccc2cc(-c3c4c(nc(CCC5CCOCC5)c3-c3nnc(C)o3)[C@H]3CCCN3C4=O)sc12. The van der Waals surface area contributed by atoms with Crippen LogP contribution in [-0.4, -0.2) is 57.8 Å². The van der Waals surface area contributed by atoms with E-state index in [2.05, 4.69) is 39.8 Å². The molecule has 2 saturated heterocycles. The van der Waals surface area contributed by atoms with E-state index in [4.69, 9.17) is 23.9 Å². The molecular formula is C37H38N6O4S. The summed E-state index contributed by atoms with van der Waals surface area (Å²) >= 11 is 1.66. The number of pyridine rings is 2. The minimum atomic E-state index is 0.0132. The van der Waals surface area contributed by atoms with Gasteiger partial charge in [0.1, 0.15) is 11.6 Å². The Labute approximate surface area is 282 Å². The van der Waals surface area contributed by atoms with Crippen LogP contribution < -0.4 is 10.1 Å². The molecule has 3 aliphatic heterocycles. The highest BCUT2D eigenvalue weighted by Gasteiger charge is 2.45. The molecule has 0 radical (unpaired) electrons. The van der Waals surface area contributed by atoms with E-state index in [9.17, 15) is 4.79 Å². The van der Waals surface area contributed by atoms with E-state index in [1.165, 1.54) is 11.1 Å². The third-order valence-corrected chi connectivity index (χ3v) is 11.8. The van der Waals surface area contributed by atoms with Crippen molar-refractivity contribution < 1.29 is 18.7 Å². The Balaban J connectivity index is 1.19. The lowest BCUT2D eigenvalue weighted by Crippen LogP contribution is -2.22. The number of ether oxygens (including phenoxy) is 2. The Morgan fingerprint density at radius 3 is 2.81 bits per heavy atom. The molecule has 11 heteroatoms. The Morgan fingerprint density at radius 1 is 1.08 bits per heavy atom. The van der Waals surface area contributed by atoms with E-state index in [1.54, 1.807) is 25.4 Å². The molecule has 0 spiro atoms. The van der Waals surface area contributed by atoms with Crippen LogP contribution in [0.5, 0.6) is 5.75 Å². The first-order chi connectivity index (χ1) is 23.6. The van der Waals surface area contributed by atoms with Crippen LogP contribution in [0, 0.1) is 12.8 Å². The fourth-order valence-corrected chi connectivity index (χ4v) is 9.46. The summed E-state index contributed by atoms with van der Waals surface area (Å²) in [6, 6.07) is 10.7. The van der Waals surface area contributed by atoms with Crippen LogP contribution in [0.15, 0.2) is 40.9 Å². The Bertz CT molecular complexity index is 2050. The molecular weight excluding hydrogens is 625 g/mol. The van der Waals surface area contributed by atoms with Crippen molar-refractivity contribution in [2.45, 2.75) is 70.4 Å². The number of hydrogen-bond acceptors (Lipinski definition) is 10. The van der Waals surface area contributed by atoms with Gasteiger partial charge >= 0.3 is 0 Å². The molecule has 2 atom stereocenters. The molecule has 5 aromatic rings. The Hall–Kier alpha value is -4.35. The molecule has 7 heterocycles. The summed E-state index contributed by atoms with van der Waals surface area (Å²) < 4.78 is 18.5. The number of amides is 1. The standard InChI is InChI=1S/C37H38N6O4S/c1-20-41-42-36(47-20)30-26(10-8-21-13-17-46-18-14-21)39-33-27-6-4-16-43(27)37(44)32(33)31(30)29-19-22-12-15-38-35(34(22)48-29)40-25-11-9-24-23(25)5-3-7-28(24)45-2/h3,5,7,12,15,19,21,25,27H,4,6,8-11,13-14,16-18H2,1-2H3,(H,38,40)/t25-,27+/m0/s1. The third-order valence-electron chi connectivity index (χ3n) is 10.7. The van der Waals surface area contributed by atoms with Crippen molar-refractivity contribution in [1.82, 2.24) is 25.1 Å². The van der Waals surface area contributed by atoms with Crippen molar-refractivity contribution in [2.75, 3.05) is 32.2 Å². The van der Waals surface area contributed by atoms with Crippen LogP contribution in [-0.2, 0) is 17.6 Å². The molecule has 0 bridgehead atoms. The van der Waals surface area contributed by atoms with Crippen LogP contribution in [0.4, 0.5) is 5.82 Å². The fraction of sp³-hybridized carbons (Fsp3) is 0.432. The molecule has 1 aliphatic carbocycles. The normalized spacial score (nSPS) is 20.4. The highest BCUT2D eigenvalue weighted by atomic mass is 32.1. The average Bonchev–Trinajstić information content (AvgIpc) is 3.95. The number of benzene rings is 1. The number of nitrogens with zero attached hydrogens (tertiary/aromatic N) is 5. The van der Waals surface area contributed by atoms with Crippen molar-refractivity contribution in [3.05, 3.63) is 70.5 Å². The van der Waals surface area contributed by atoms with Gasteiger partial charge in [0, 0.05) is 43.3 Å².